The summed E-state index contributed by atoms with van der Waals surface area (Å²) < 4.78 is 4.36. The number of carbonyl (C=O) groups excluding carboxylic acids is 2. The number of esters is 1. The zero-order valence-corrected chi connectivity index (χ0v) is 6.95. The summed E-state index contributed by atoms with van der Waals surface area (Å²) in [5.41, 5.74) is 0. The minimum atomic E-state index is -0.456. The number of rotatable bonds is 5. The largest absolute Gasteiger partial charge is 0.469 e. The average Bonchev–Trinajstić information content (AvgIpc) is 2.11. The van der Waals surface area contributed by atoms with Crippen molar-refractivity contribution in [3.8, 4) is 0 Å². The van der Waals surface area contributed by atoms with Crippen LogP contribution in [0.5, 0.6) is 0 Å². The van der Waals surface area contributed by atoms with Gasteiger partial charge in [-0.3, -0.25) is 9.59 Å². The van der Waals surface area contributed by atoms with E-state index in [0.29, 0.717) is 0 Å². The number of Topliss-reactive ketones (excluding diaryl/α,β-unsaturated/α-hetero) is 1. The van der Waals surface area contributed by atoms with Crippen LogP contribution < -0.4 is 0 Å². The molecule has 0 aromatic rings. The van der Waals surface area contributed by atoms with Gasteiger partial charge in [0.05, 0.1) is 13.5 Å². The molecule has 0 saturated heterocycles. The molecule has 0 radical (unpaired) electrons. The van der Waals surface area contributed by atoms with Crippen molar-refractivity contribution in [1.29, 1.82) is 0 Å². The zero-order chi connectivity index (χ0) is 9.40. The van der Waals surface area contributed by atoms with Gasteiger partial charge in [0.2, 0.25) is 0 Å². The molecule has 4 nitrogen and oxygen atoms in total. The van der Waals surface area contributed by atoms with Gasteiger partial charge in [0.1, 0.15) is 6.61 Å². The summed E-state index contributed by atoms with van der Waals surface area (Å²) in [4.78, 5) is 21.0. The number of methoxy groups -OCH3 is 1. The first-order valence-electron chi connectivity index (χ1n) is 3.55. The monoisotopic (exact) mass is 172 g/mol. The second-order valence-corrected chi connectivity index (χ2v) is 2.15. The van der Waals surface area contributed by atoms with Crippen LogP contribution in [0, 0.1) is 0 Å². The summed E-state index contributed by atoms with van der Waals surface area (Å²) in [6.45, 7) is -0.456. The standard InChI is InChI=1S/C8H12O4/c1-12-8(11)5-3-2-4-7(10)6-9/h2-3,9H,4-6H2,1H3/b3-2-. The first kappa shape index (κ1) is 10.8. The third kappa shape index (κ3) is 5.61. The molecule has 0 aliphatic carbocycles. The molecular formula is C8H12O4. The van der Waals surface area contributed by atoms with Gasteiger partial charge in [-0.05, 0) is 0 Å². The van der Waals surface area contributed by atoms with E-state index in [4.69, 9.17) is 5.11 Å². The van der Waals surface area contributed by atoms with Crippen LogP contribution in [0.3, 0.4) is 0 Å². The molecule has 0 amide bonds. The normalized spacial score (nSPS) is 10.2. The first-order chi connectivity index (χ1) is 5.70. The Kier molecular flexibility index (Phi) is 5.91. The Hall–Kier alpha value is -1.16. The summed E-state index contributed by atoms with van der Waals surface area (Å²) in [6, 6.07) is 0. The van der Waals surface area contributed by atoms with Gasteiger partial charge in [-0.2, -0.15) is 0 Å². The van der Waals surface area contributed by atoms with Gasteiger partial charge in [-0.1, -0.05) is 12.2 Å². The molecule has 0 aromatic heterocycles. The van der Waals surface area contributed by atoms with E-state index in [2.05, 4.69) is 4.74 Å². The van der Waals surface area contributed by atoms with Gasteiger partial charge in [0.15, 0.2) is 5.78 Å². The predicted octanol–water partition coefficient (Wildman–Crippen LogP) is 0.0572. The quantitative estimate of drug-likeness (QED) is 0.470. The topological polar surface area (TPSA) is 63.6 Å². The second kappa shape index (κ2) is 6.54. The van der Waals surface area contributed by atoms with Crippen LogP contribution in [0.4, 0.5) is 0 Å². The van der Waals surface area contributed by atoms with Gasteiger partial charge in [-0.15, -0.1) is 0 Å². The highest BCUT2D eigenvalue weighted by Crippen LogP contribution is 1.90. The second-order valence-electron chi connectivity index (χ2n) is 2.15. The molecule has 0 heterocycles. The van der Waals surface area contributed by atoms with Crippen molar-refractivity contribution in [2.45, 2.75) is 12.8 Å². The maximum absolute atomic E-state index is 10.5. The number of aliphatic hydroxyl groups is 1. The third-order valence-corrected chi connectivity index (χ3v) is 1.20. The Morgan fingerprint density at radius 3 is 2.42 bits per heavy atom. The van der Waals surface area contributed by atoms with Crippen LogP contribution in [0.2, 0.25) is 0 Å². The number of aliphatic hydroxyl groups excluding tert-OH is 1. The summed E-state index contributed by atoms with van der Waals surface area (Å²) in [7, 11) is 1.30. The Bertz CT molecular complexity index is 163. The lowest BCUT2D eigenvalue weighted by molar-refractivity contribution is -0.139. The van der Waals surface area contributed by atoms with E-state index in [1.807, 2.05) is 0 Å². The van der Waals surface area contributed by atoms with E-state index in [-0.39, 0.29) is 24.6 Å². The van der Waals surface area contributed by atoms with Crippen molar-refractivity contribution in [2.75, 3.05) is 13.7 Å². The van der Waals surface area contributed by atoms with Gasteiger partial charge in [0.25, 0.3) is 0 Å². The Morgan fingerprint density at radius 2 is 1.92 bits per heavy atom. The van der Waals surface area contributed by atoms with Crippen molar-refractivity contribution >= 4 is 11.8 Å². The highest BCUT2D eigenvalue weighted by molar-refractivity contribution is 5.81. The summed E-state index contributed by atoms with van der Waals surface area (Å²) >= 11 is 0. The van der Waals surface area contributed by atoms with Crippen molar-refractivity contribution < 1.29 is 19.4 Å². The van der Waals surface area contributed by atoms with Crippen LogP contribution in [0.1, 0.15) is 12.8 Å². The molecular weight excluding hydrogens is 160 g/mol. The fraction of sp³-hybridized carbons (Fsp3) is 0.500. The molecule has 4 heteroatoms. The Labute approximate surface area is 70.8 Å². The molecule has 0 fully saturated rings. The van der Waals surface area contributed by atoms with Crippen molar-refractivity contribution in [2.24, 2.45) is 0 Å². The molecule has 0 spiro atoms. The SMILES string of the molecule is COC(=O)C/C=C\CC(=O)CO. The smallest absolute Gasteiger partial charge is 0.309 e. The number of hydrogen-bond donors (Lipinski definition) is 1. The summed E-state index contributed by atoms with van der Waals surface area (Å²) in [5, 5.41) is 8.31. The van der Waals surface area contributed by atoms with E-state index in [1.165, 1.54) is 13.2 Å². The number of allylic oxidation sites excluding steroid dienone is 1. The van der Waals surface area contributed by atoms with Gasteiger partial charge in [-0.25, -0.2) is 0 Å². The molecule has 0 rings (SSSR count). The zero-order valence-electron chi connectivity index (χ0n) is 6.95. The van der Waals surface area contributed by atoms with Gasteiger partial charge < -0.3 is 9.84 Å². The fourth-order valence-corrected chi connectivity index (χ4v) is 0.542. The van der Waals surface area contributed by atoms with Crippen LogP contribution >= 0.6 is 0 Å². The molecule has 1 N–H and O–H groups in total. The first-order valence-corrected chi connectivity index (χ1v) is 3.55. The molecule has 0 saturated carbocycles. The molecule has 68 valence electrons. The minimum Gasteiger partial charge on any atom is -0.469 e. The van der Waals surface area contributed by atoms with Crippen LogP contribution in [0.15, 0.2) is 12.2 Å². The molecule has 0 aliphatic rings. The molecule has 0 aliphatic heterocycles. The van der Waals surface area contributed by atoms with Gasteiger partial charge in [0, 0.05) is 6.42 Å². The van der Waals surface area contributed by atoms with E-state index in [0.717, 1.165) is 0 Å². The third-order valence-electron chi connectivity index (χ3n) is 1.20. The number of hydrogen-bond acceptors (Lipinski definition) is 4. The predicted molar refractivity (Wildman–Crippen MR) is 42.5 cm³/mol. The van der Waals surface area contributed by atoms with E-state index in [1.54, 1.807) is 6.08 Å². The van der Waals surface area contributed by atoms with Crippen LogP contribution in [0.25, 0.3) is 0 Å². The lowest BCUT2D eigenvalue weighted by Crippen LogP contribution is -2.01. The van der Waals surface area contributed by atoms with Gasteiger partial charge >= 0.3 is 5.97 Å². The van der Waals surface area contributed by atoms with E-state index < -0.39 is 6.61 Å². The Morgan fingerprint density at radius 1 is 1.33 bits per heavy atom. The number of carbonyl (C=O) groups is 2. The van der Waals surface area contributed by atoms with E-state index in [9.17, 15) is 9.59 Å². The molecule has 0 unspecified atom stereocenters. The maximum Gasteiger partial charge on any atom is 0.309 e. The minimum absolute atomic E-state index is 0.160. The lowest BCUT2D eigenvalue weighted by atomic mass is 10.2. The van der Waals surface area contributed by atoms with Crippen molar-refractivity contribution in [3.05, 3.63) is 12.2 Å². The summed E-state index contributed by atoms with van der Waals surface area (Å²) in [5.74, 6) is -0.612. The fourth-order valence-electron chi connectivity index (χ4n) is 0.542. The average molecular weight is 172 g/mol. The lowest BCUT2D eigenvalue weighted by Gasteiger charge is -1.91. The molecule has 12 heavy (non-hydrogen) atoms. The number of ketones is 1. The van der Waals surface area contributed by atoms with Crippen LogP contribution in [-0.4, -0.2) is 30.6 Å². The van der Waals surface area contributed by atoms with Crippen molar-refractivity contribution in [3.63, 3.8) is 0 Å². The maximum atomic E-state index is 10.5. The van der Waals surface area contributed by atoms with E-state index >= 15 is 0 Å². The highest BCUT2D eigenvalue weighted by atomic mass is 16.5. The molecule has 0 bridgehead atoms. The molecule has 0 aromatic carbocycles. The van der Waals surface area contributed by atoms with Crippen molar-refractivity contribution in [1.82, 2.24) is 0 Å². The number of ether oxygens (including phenoxy) is 1. The van der Waals surface area contributed by atoms with Crippen LogP contribution in [-0.2, 0) is 14.3 Å². The highest BCUT2D eigenvalue weighted by Gasteiger charge is 1.96. The Balaban J connectivity index is 3.50. The summed E-state index contributed by atoms with van der Waals surface area (Å²) in [6.07, 6.45) is 3.40. The molecule has 0 atom stereocenters.